The largest absolute Gasteiger partial charge is 0.349 e. The molecule has 1 aromatic heterocycles. The number of likely N-dealkylation sites (tertiary alicyclic amines) is 1. The molecule has 0 spiro atoms. The van der Waals surface area contributed by atoms with Crippen molar-refractivity contribution < 1.29 is 4.79 Å². The number of rotatable bonds is 6. The highest BCUT2D eigenvalue weighted by Gasteiger charge is 2.26. The summed E-state index contributed by atoms with van der Waals surface area (Å²) in [6, 6.07) is 12.4. The third-order valence-electron chi connectivity index (χ3n) is 5.22. The molecule has 2 heterocycles. The lowest BCUT2D eigenvalue weighted by molar-refractivity contribution is -0.126. The van der Waals surface area contributed by atoms with E-state index in [4.69, 9.17) is 0 Å². The van der Waals surface area contributed by atoms with E-state index in [0.29, 0.717) is 12.5 Å². The number of amides is 1. The molecule has 1 aliphatic heterocycles. The highest BCUT2D eigenvalue weighted by atomic mass is 16.2. The average Bonchev–Trinajstić information content (AvgIpc) is 2.67. The van der Waals surface area contributed by atoms with E-state index in [1.54, 1.807) is 6.20 Å². The lowest BCUT2D eigenvalue weighted by atomic mass is 9.89. The molecule has 1 fully saturated rings. The van der Waals surface area contributed by atoms with Crippen LogP contribution in [0, 0.1) is 12.8 Å². The van der Waals surface area contributed by atoms with Gasteiger partial charge in [-0.25, -0.2) is 9.97 Å². The molecule has 2 aromatic rings. The molecule has 3 rings (SSSR count). The number of hydrogen-bond donors (Lipinski definition) is 1. The van der Waals surface area contributed by atoms with Crippen molar-refractivity contribution in [1.29, 1.82) is 0 Å². The first-order valence-corrected chi connectivity index (χ1v) is 9.46. The Morgan fingerprint density at radius 3 is 2.65 bits per heavy atom. The Kier molecular flexibility index (Phi) is 6.34. The molecule has 5 heteroatoms. The molecule has 26 heavy (non-hydrogen) atoms. The van der Waals surface area contributed by atoms with Gasteiger partial charge in [-0.05, 0) is 63.7 Å². The third kappa shape index (κ3) is 5.11. The zero-order chi connectivity index (χ0) is 18.4. The molecule has 1 unspecified atom stereocenters. The number of benzene rings is 1. The smallest absolute Gasteiger partial charge is 0.237 e. The van der Waals surface area contributed by atoms with Gasteiger partial charge in [0.2, 0.25) is 5.91 Å². The lowest BCUT2D eigenvalue weighted by Gasteiger charge is -2.35. The minimum absolute atomic E-state index is 0.0720. The van der Waals surface area contributed by atoms with E-state index in [9.17, 15) is 4.79 Å². The van der Waals surface area contributed by atoms with E-state index in [2.05, 4.69) is 50.5 Å². The van der Waals surface area contributed by atoms with E-state index >= 15 is 0 Å². The molecule has 1 atom stereocenters. The predicted octanol–water partition coefficient (Wildman–Crippen LogP) is 2.74. The fraction of sp³-hybridized carbons (Fsp3) is 0.476. The molecule has 0 bridgehead atoms. The van der Waals surface area contributed by atoms with Crippen LogP contribution in [0.5, 0.6) is 0 Å². The highest BCUT2D eigenvalue weighted by Crippen LogP contribution is 2.22. The van der Waals surface area contributed by atoms with Gasteiger partial charge < -0.3 is 5.32 Å². The SMILES string of the molecule is Cc1nccc(CNC(=O)C(C)N2CCC(Cc3ccccc3)CC2)n1. The van der Waals surface area contributed by atoms with Gasteiger partial charge >= 0.3 is 0 Å². The monoisotopic (exact) mass is 352 g/mol. The van der Waals surface area contributed by atoms with Crippen molar-refractivity contribution in [1.82, 2.24) is 20.2 Å². The second kappa shape index (κ2) is 8.90. The second-order valence-electron chi connectivity index (χ2n) is 7.16. The van der Waals surface area contributed by atoms with E-state index in [0.717, 1.165) is 43.9 Å². The van der Waals surface area contributed by atoms with Gasteiger partial charge in [0.15, 0.2) is 0 Å². The number of nitrogens with one attached hydrogen (secondary N) is 1. The van der Waals surface area contributed by atoms with Crippen LogP contribution in [0.1, 0.15) is 36.8 Å². The molecule has 5 nitrogen and oxygen atoms in total. The normalized spacial score (nSPS) is 17.0. The Morgan fingerprint density at radius 1 is 1.23 bits per heavy atom. The number of carbonyl (C=O) groups is 1. The first kappa shape index (κ1) is 18.5. The van der Waals surface area contributed by atoms with Crippen LogP contribution in [-0.2, 0) is 17.8 Å². The van der Waals surface area contributed by atoms with E-state index in [1.165, 1.54) is 5.56 Å². The summed E-state index contributed by atoms with van der Waals surface area (Å²) in [7, 11) is 0. The fourth-order valence-electron chi connectivity index (χ4n) is 3.59. The van der Waals surface area contributed by atoms with E-state index in [-0.39, 0.29) is 11.9 Å². The molecule has 0 aliphatic carbocycles. The van der Waals surface area contributed by atoms with Gasteiger partial charge in [0.25, 0.3) is 0 Å². The Labute approximate surface area is 155 Å². The molecule has 0 saturated carbocycles. The molecule has 1 aromatic carbocycles. The first-order valence-electron chi connectivity index (χ1n) is 9.46. The maximum atomic E-state index is 12.5. The van der Waals surface area contributed by atoms with Gasteiger partial charge in [-0.3, -0.25) is 9.69 Å². The fourth-order valence-corrected chi connectivity index (χ4v) is 3.59. The summed E-state index contributed by atoms with van der Waals surface area (Å²) in [5.41, 5.74) is 2.26. The molecule has 138 valence electrons. The van der Waals surface area contributed by atoms with Gasteiger partial charge in [0.1, 0.15) is 5.82 Å². The van der Waals surface area contributed by atoms with Crippen LogP contribution < -0.4 is 5.32 Å². The van der Waals surface area contributed by atoms with E-state index < -0.39 is 0 Å². The van der Waals surface area contributed by atoms with E-state index in [1.807, 2.05) is 19.9 Å². The van der Waals surface area contributed by atoms with Gasteiger partial charge in [0.05, 0.1) is 18.3 Å². The van der Waals surface area contributed by atoms with Crippen molar-refractivity contribution in [2.24, 2.45) is 5.92 Å². The third-order valence-corrected chi connectivity index (χ3v) is 5.22. The van der Waals surface area contributed by atoms with Crippen LogP contribution in [0.4, 0.5) is 0 Å². The molecule has 1 aliphatic rings. The summed E-state index contributed by atoms with van der Waals surface area (Å²) in [6.07, 6.45) is 5.17. The van der Waals surface area contributed by atoms with Crippen LogP contribution >= 0.6 is 0 Å². The molecular weight excluding hydrogens is 324 g/mol. The summed E-state index contributed by atoms with van der Waals surface area (Å²) >= 11 is 0. The van der Waals surface area contributed by atoms with Gasteiger partial charge in [-0.2, -0.15) is 0 Å². The first-order chi connectivity index (χ1) is 12.6. The molecule has 1 N–H and O–H groups in total. The summed E-state index contributed by atoms with van der Waals surface area (Å²) < 4.78 is 0. The zero-order valence-corrected chi connectivity index (χ0v) is 15.7. The van der Waals surface area contributed by atoms with Crippen molar-refractivity contribution in [3.63, 3.8) is 0 Å². The molecule has 1 amide bonds. The Hall–Kier alpha value is -2.27. The quantitative estimate of drug-likeness (QED) is 0.868. The zero-order valence-electron chi connectivity index (χ0n) is 15.7. The van der Waals surface area contributed by atoms with Crippen molar-refractivity contribution in [3.8, 4) is 0 Å². The molecular formula is C21H28N4O. The maximum absolute atomic E-state index is 12.5. The van der Waals surface area contributed by atoms with Crippen molar-refractivity contribution in [2.45, 2.75) is 45.7 Å². The van der Waals surface area contributed by atoms with Crippen molar-refractivity contribution in [2.75, 3.05) is 13.1 Å². The molecule has 0 radical (unpaired) electrons. The predicted molar refractivity (Wildman–Crippen MR) is 103 cm³/mol. The minimum Gasteiger partial charge on any atom is -0.349 e. The van der Waals surface area contributed by atoms with Crippen LogP contribution in [0.25, 0.3) is 0 Å². The van der Waals surface area contributed by atoms with Crippen LogP contribution in [0.2, 0.25) is 0 Å². The van der Waals surface area contributed by atoms with Gasteiger partial charge in [-0.1, -0.05) is 30.3 Å². The van der Waals surface area contributed by atoms with Crippen LogP contribution in [0.3, 0.4) is 0 Å². The number of aromatic nitrogens is 2. The summed E-state index contributed by atoms with van der Waals surface area (Å²) in [5.74, 6) is 1.51. The average molecular weight is 352 g/mol. The number of aryl methyl sites for hydroxylation is 1. The molecule has 1 saturated heterocycles. The van der Waals surface area contributed by atoms with Crippen molar-refractivity contribution in [3.05, 3.63) is 59.7 Å². The highest BCUT2D eigenvalue weighted by molar-refractivity contribution is 5.81. The standard InChI is InChI=1S/C21H28N4O/c1-16(21(26)23-15-20-8-11-22-17(2)24-20)25-12-9-19(10-13-25)14-18-6-4-3-5-7-18/h3-8,11,16,19H,9-10,12-15H2,1-2H3,(H,23,26). The number of carbonyl (C=O) groups excluding carboxylic acids is 1. The second-order valence-corrected chi connectivity index (χ2v) is 7.16. The van der Waals surface area contributed by atoms with Gasteiger partial charge in [-0.15, -0.1) is 0 Å². The van der Waals surface area contributed by atoms with Crippen LogP contribution in [-0.4, -0.2) is 39.9 Å². The Morgan fingerprint density at radius 2 is 1.96 bits per heavy atom. The summed E-state index contributed by atoms with van der Waals surface area (Å²) in [4.78, 5) is 23.2. The Balaban J connectivity index is 1.44. The number of nitrogens with zero attached hydrogens (tertiary/aromatic N) is 3. The maximum Gasteiger partial charge on any atom is 0.237 e. The summed E-state index contributed by atoms with van der Waals surface area (Å²) in [6.45, 7) is 6.28. The Bertz CT molecular complexity index is 711. The van der Waals surface area contributed by atoms with Gasteiger partial charge in [0, 0.05) is 6.20 Å². The lowest BCUT2D eigenvalue weighted by Crippen LogP contribution is -2.48. The number of hydrogen-bond acceptors (Lipinski definition) is 4. The number of piperidine rings is 1. The van der Waals surface area contributed by atoms with Crippen molar-refractivity contribution >= 4 is 5.91 Å². The minimum atomic E-state index is -0.101. The van der Waals surface area contributed by atoms with Crippen LogP contribution in [0.15, 0.2) is 42.6 Å². The topological polar surface area (TPSA) is 58.1 Å². The summed E-state index contributed by atoms with van der Waals surface area (Å²) in [5, 5.41) is 3.00.